The van der Waals surface area contributed by atoms with Gasteiger partial charge in [-0.15, -0.1) is 12.8 Å². The molecule has 0 fully saturated rings. The Morgan fingerprint density at radius 2 is 2.10 bits per heavy atom. The van der Waals surface area contributed by atoms with Crippen molar-refractivity contribution in [1.82, 2.24) is 5.32 Å². The number of ketones is 1. The highest BCUT2D eigenvalue weighted by molar-refractivity contribution is 5.82. The van der Waals surface area contributed by atoms with Gasteiger partial charge < -0.3 is 0 Å². The summed E-state index contributed by atoms with van der Waals surface area (Å²) in [5, 5.41) is 2.74. The molecule has 0 radical (unpaired) electrons. The number of rotatable bonds is 4. The van der Waals surface area contributed by atoms with E-state index in [0.717, 1.165) is 0 Å². The lowest BCUT2D eigenvalue weighted by molar-refractivity contribution is -0.117. The van der Waals surface area contributed by atoms with Gasteiger partial charge in [-0.3, -0.25) is 10.1 Å². The van der Waals surface area contributed by atoms with E-state index in [1.54, 1.807) is 0 Å². The van der Waals surface area contributed by atoms with Crippen LogP contribution < -0.4 is 5.32 Å². The van der Waals surface area contributed by atoms with E-state index in [1.807, 2.05) is 0 Å². The maximum absolute atomic E-state index is 10.6. The van der Waals surface area contributed by atoms with E-state index in [2.05, 4.69) is 17.2 Å². The first-order valence-corrected chi connectivity index (χ1v) is 2.90. The molecule has 2 nitrogen and oxygen atoms in total. The largest absolute Gasteiger partial charge is 0.299 e. The molecule has 0 saturated heterocycles. The molecule has 52 valence electrons. The van der Waals surface area contributed by atoms with E-state index in [9.17, 15) is 4.79 Å². The van der Waals surface area contributed by atoms with Gasteiger partial charge in [0.25, 0.3) is 0 Å². The minimum Gasteiger partial charge on any atom is -0.299 e. The maximum Gasteiger partial charge on any atom is 0.158 e. The van der Waals surface area contributed by atoms with Crippen LogP contribution in [0.15, 0.2) is 0 Å². The van der Waals surface area contributed by atoms with Crippen LogP contribution in [0.1, 0.15) is 6.42 Å². The van der Waals surface area contributed by atoms with E-state index < -0.39 is 0 Å². The minimum absolute atomic E-state index is 0.00208. The molecular formula is C8H9NO. The van der Waals surface area contributed by atoms with E-state index in [1.165, 1.54) is 0 Å². The van der Waals surface area contributed by atoms with Crippen LogP contribution in [0.2, 0.25) is 0 Å². The maximum atomic E-state index is 10.6. The van der Waals surface area contributed by atoms with Crippen molar-refractivity contribution in [3.8, 4) is 24.7 Å². The average molecular weight is 135 g/mol. The highest BCUT2D eigenvalue weighted by Crippen LogP contribution is 1.76. The molecule has 0 aromatic heterocycles. The van der Waals surface area contributed by atoms with E-state index >= 15 is 0 Å². The molecule has 10 heavy (non-hydrogen) atoms. The summed E-state index contributed by atoms with van der Waals surface area (Å²) in [6.07, 6.45) is 10.00. The highest BCUT2D eigenvalue weighted by atomic mass is 16.1. The third-order valence-electron chi connectivity index (χ3n) is 0.848. The van der Waals surface area contributed by atoms with Gasteiger partial charge in [0.2, 0.25) is 0 Å². The molecule has 2 heteroatoms. The van der Waals surface area contributed by atoms with E-state index in [0.29, 0.717) is 6.54 Å². The van der Waals surface area contributed by atoms with Gasteiger partial charge in [0.05, 0.1) is 19.5 Å². The standard InChI is InChI=1S/C8H9NO/c1-3-5-8(10)7-9-6-4-2/h1-2,9H,5-7H2. The molecule has 0 atom stereocenters. The van der Waals surface area contributed by atoms with Gasteiger partial charge in [-0.1, -0.05) is 11.8 Å². The molecule has 0 amide bonds. The lowest BCUT2D eigenvalue weighted by Crippen LogP contribution is -2.22. The smallest absolute Gasteiger partial charge is 0.158 e. The van der Waals surface area contributed by atoms with Crippen LogP contribution >= 0.6 is 0 Å². The Kier molecular flexibility index (Phi) is 5.14. The van der Waals surface area contributed by atoms with Crippen LogP contribution in [0.3, 0.4) is 0 Å². The fourth-order valence-corrected chi connectivity index (χ4v) is 0.450. The summed E-state index contributed by atoms with van der Waals surface area (Å²) in [4.78, 5) is 10.6. The number of hydrogen-bond donors (Lipinski definition) is 1. The normalized spacial score (nSPS) is 7.80. The topological polar surface area (TPSA) is 29.1 Å². The Morgan fingerprint density at radius 1 is 1.40 bits per heavy atom. The van der Waals surface area contributed by atoms with Gasteiger partial charge in [0.1, 0.15) is 0 Å². The van der Waals surface area contributed by atoms with Crippen LogP contribution in [0.4, 0.5) is 0 Å². The predicted molar refractivity (Wildman–Crippen MR) is 40.2 cm³/mol. The zero-order valence-electron chi connectivity index (χ0n) is 5.68. The van der Waals surface area contributed by atoms with Crippen molar-refractivity contribution in [2.45, 2.75) is 6.42 Å². The molecule has 0 aromatic carbocycles. The van der Waals surface area contributed by atoms with Gasteiger partial charge in [0, 0.05) is 0 Å². The third-order valence-corrected chi connectivity index (χ3v) is 0.848. The lowest BCUT2D eigenvalue weighted by Gasteiger charge is -1.94. The zero-order chi connectivity index (χ0) is 7.82. The van der Waals surface area contributed by atoms with Crippen LogP contribution in [-0.4, -0.2) is 18.9 Å². The number of carbonyl (C=O) groups is 1. The molecule has 0 aliphatic carbocycles. The van der Waals surface area contributed by atoms with Crippen molar-refractivity contribution in [3.63, 3.8) is 0 Å². The fraction of sp³-hybridized carbons (Fsp3) is 0.375. The van der Waals surface area contributed by atoms with Crippen LogP contribution in [0, 0.1) is 24.7 Å². The Bertz CT molecular complexity index is 182. The predicted octanol–water partition coefficient (Wildman–Crippen LogP) is -0.198. The first-order valence-electron chi connectivity index (χ1n) is 2.90. The first-order chi connectivity index (χ1) is 4.81. The Morgan fingerprint density at radius 3 is 2.60 bits per heavy atom. The van der Waals surface area contributed by atoms with Gasteiger partial charge in [0.15, 0.2) is 5.78 Å². The zero-order valence-corrected chi connectivity index (χ0v) is 5.68. The van der Waals surface area contributed by atoms with Crippen LogP contribution in [0.25, 0.3) is 0 Å². The Labute approximate surface area is 61.0 Å². The first kappa shape index (κ1) is 8.75. The van der Waals surface area contributed by atoms with Crippen molar-refractivity contribution in [3.05, 3.63) is 0 Å². The quantitative estimate of drug-likeness (QED) is 0.427. The number of nitrogens with one attached hydrogen (secondary N) is 1. The fourth-order valence-electron chi connectivity index (χ4n) is 0.450. The second-order valence-electron chi connectivity index (χ2n) is 1.73. The molecule has 0 heterocycles. The molecule has 0 aliphatic rings. The summed E-state index contributed by atoms with van der Waals surface area (Å²) in [7, 11) is 0. The number of hydrogen-bond acceptors (Lipinski definition) is 2. The Hall–Kier alpha value is -1.25. The molecule has 0 rings (SSSR count). The van der Waals surface area contributed by atoms with Crippen molar-refractivity contribution >= 4 is 5.78 Å². The summed E-state index contributed by atoms with van der Waals surface area (Å²) in [5.74, 6) is 4.60. The second kappa shape index (κ2) is 5.88. The van der Waals surface area contributed by atoms with E-state index in [4.69, 9.17) is 12.8 Å². The molecule has 0 aromatic rings. The third kappa shape index (κ3) is 4.90. The molecule has 0 saturated carbocycles. The van der Waals surface area contributed by atoms with Crippen molar-refractivity contribution < 1.29 is 4.79 Å². The van der Waals surface area contributed by atoms with Gasteiger partial charge in [-0.2, -0.15) is 0 Å². The molecule has 0 aliphatic heterocycles. The average Bonchev–Trinajstić information content (AvgIpc) is 1.89. The summed E-state index contributed by atoms with van der Waals surface area (Å²) >= 11 is 0. The van der Waals surface area contributed by atoms with Gasteiger partial charge in [-0.25, -0.2) is 0 Å². The van der Waals surface area contributed by atoms with Gasteiger partial charge in [-0.05, 0) is 0 Å². The van der Waals surface area contributed by atoms with Crippen molar-refractivity contribution in [2.24, 2.45) is 0 Å². The van der Waals surface area contributed by atoms with Gasteiger partial charge >= 0.3 is 0 Å². The van der Waals surface area contributed by atoms with E-state index in [-0.39, 0.29) is 18.7 Å². The monoisotopic (exact) mass is 135 g/mol. The highest BCUT2D eigenvalue weighted by Gasteiger charge is 1.95. The summed E-state index contributed by atoms with van der Waals surface area (Å²) in [6.45, 7) is 0.685. The SMILES string of the molecule is C#CCNCC(=O)CC#C. The number of Topliss-reactive ketones (excluding diaryl/α,β-unsaturated/α-hetero) is 1. The second-order valence-corrected chi connectivity index (χ2v) is 1.73. The molecule has 0 unspecified atom stereocenters. The number of terminal acetylenes is 2. The van der Waals surface area contributed by atoms with Crippen LogP contribution in [-0.2, 0) is 4.79 Å². The minimum atomic E-state index is -0.00208. The number of carbonyl (C=O) groups excluding carboxylic acids is 1. The summed E-state index contributed by atoms with van der Waals surface area (Å²) in [5.41, 5.74) is 0. The van der Waals surface area contributed by atoms with Crippen LogP contribution in [0.5, 0.6) is 0 Å². The summed E-state index contributed by atoms with van der Waals surface area (Å²) < 4.78 is 0. The molecular weight excluding hydrogens is 126 g/mol. The van der Waals surface area contributed by atoms with Crippen molar-refractivity contribution in [1.29, 1.82) is 0 Å². The lowest BCUT2D eigenvalue weighted by atomic mass is 10.3. The molecule has 0 bridgehead atoms. The summed E-state index contributed by atoms with van der Waals surface area (Å²) in [6, 6.07) is 0. The molecule has 0 spiro atoms. The van der Waals surface area contributed by atoms with Crippen molar-refractivity contribution in [2.75, 3.05) is 13.1 Å². The molecule has 1 N–H and O–H groups in total. The Balaban J connectivity index is 3.26.